The molecule has 0 bridgehead atoms. The average Bonchev–Trinajstić information content (AvgIpc) is 2.84. The third-order valence-electron chi connectivity index (χ3n) is 2.39. The molecule has 0 spiro atoms. The largest absolute Gasteiger partial charge is 0.269 e. The van der Waals surface area contributed by atoms with Crippen molar-refractivity contribution in [3.05, 3.63) is 62.3 Å². The maximum absolute atomic E-state index is 10.5. The highest BCUT2D eigenvalue weighted by Crippen LogP contribution is 2.28. The second-order valence-electron chi connectivity index (χ2n) is 3.43. The van der Waals surface area contributed by atoms with Crippen molar-refractivity contribution in [2.75, 3.05) is 0 Å². The molecule has 0 aliphatic rings. The number of nitro groups is 1. The summed E-state index contributed by atoms with van der Waals surface area (Å²) in [5.74, 6) is -0.351. The number of nitro benzene ring substituents is 1. The van der Waals surface area contributed by atoms with E-state index in [1.807, 2.05) is 17.5 Å². The first-order chi connectivity index (χ1) is 8.22. The molecule has 0 saturated heterocycles. The maximum atomic E-state index is 10.5. The normalized spacial score (nSPS) is 11.7. The lowest BCUT2D eigenvalue weighted by Gasteiger charge is -2.06. The number of non-ortho nitro benzene ring substituents is 1. The SMILES string of the molecule is N#CC(c1ccc([N+](=O)[O-])cc1)c1cccs1. The summed E-state index contributed by atoms with van der Waals surface area (Å²) in [6.07, 6.45) is 0. The fourth-order valence-corrected chi connectivity index (χ4v) is 2.34. The quantitative estimate of drug-likeness (QED) is 0.614. The van der Waals surface area contributed by atoms with Gasteiger partial charge in [0, 0.05) is 17.0 Å². The molecular formula is C12H8N2O2S. The van der Waals surface area contributed by atoms with Gasteiger partial charge in [-0.3, -0.25) is 10.1 Å². The van der Waals surface area contributed by atoms with Crippen LogP contribution in [0.3, 0.4) is 0 Å². The molecule has 0 amide bonds. The first kappa shape index (κ1) is 11.3. The molecule has 1 aromatic carbocycles. The van der Waals surface area contributed by atoms with Gasteiger partial charge in [-0.1, -0.05) is 18.2 Å². The van der Waals surface area contributed by atoms with Gasteiger partial charge in [0.1, 0.15) is 5.92 Å². The van der Waals surface area contributed by atoms with Crippen LogP contribution in [0.25, 0.3) is 0 Å². The Morgan fingerprint density at radius 2 is 2.00 bits per heavy atom. The molecule has 5 heteroatoms. The van der Waals surface area contributed by atoms with Crippen LogP contribution < -0.4 is 0 Å². The third kappa shape index (κ3) is 2.32. The van der Waals surface area contributed by atoms with Crippen LogP contribution in [-0.4, -0.2) is 4.92 Å². The van der Waals surface area contributed by atoms with E-state index in [0.717, 1.165) is 10.4 Å². The van der Waals surface area contributed by atoms with Crippen LogP contribution >= 0.6 is 11.3 Å². The van der Waals surface area contributed by atoms with Crippen molar-refractivity contribution < 1.29 is 4.92 Å². The molecule has 17 heavy (non-hydrogen) atoms. The molecule has 0 saturated carbocycles. The van der Waals surface area contributed by atoms with E-state index in [2.05, 4.69) is 6.07 Å². The van der Waals surface area contributed by atoms with Crippen molar-refractivity contribution >= 4 is 17.0 Å². The number of rotatable bonds is 3. The standard InChI is InChI=1S/C12H8N2O2S/c13-8-11(12-2-1-7-17-12)9-3-5-10(6-4-9)14(15)16/h1-7,11H. The summed E-state index contributed by atoms with van der Waals surface area (Å²) in [5, 5.41) is 21.6. The lowest BCUT2D eigenvalue weighted by molar-refractivity contribution is -0.384. The van der Waals surface area contributed by atoms with E-state index < -0.39 is 4.92 Å². The average molecular weight is 244 g/mol. The lowest BCUT2D eigenvalue weighted by atomic mass is 9.99. The fraction of sp³-hybridized carbons (Fsp3) is 0.0833. The summed E-state index contributed by atoms with van der Waals surface area (Å²) in [6.45, 7) is 0. The van der Waals surface area contributed by atoms with Crippen LogP contribution in [0.15, 0.2) is 41.8 Å². The van der Waals surface area contributed by atoms with E-state index in [4.69, 9.17) is 5.26 Å². The molecule has 2 rings (SSSR count). The number of nitrogens with zero attached hydrogens (tertiary/aromatic N) is 2. The zero-order chi connectivity index (χ0) is 12.3. The van der Waals surface area contributed by atoms with Crippen LogP contribution in [0.2, 0.25) is 0 Å². The Bertz CT molecular complexity index is 555. The Kier molecular flexibility index (Phi) is 3.17. The predicted octanol–water partition coefficient (Wildman–Crippen LogP) is 3.31. The van der Waals surface area contributed by atoms with Gasteiger partial charge in [0.2, 0.25) is 0 Å². The second-order valence-corrected chi connectivity index (χ2v) is 4.41. The minimum absolute atomic E-state index is 0.0385. The van der Waals surface area contributed by atoms with Gasteiger partial charge in [-0.15, -0.1) is 11.3 Å². The van der Waals surface area contributed by atoms with Gasteiger partial charge < -0.3 is 0 Å². The van der Waals surface area contributed by atoms with Crippen LogP contribution in [0.4, 0.5) is 5.69 Å². The van der Waals surface area contributed by atoms with Crippen molar-refractivity contribution in [2.24, 2.45) is 0 Å². The van der Waals surface area contributed by atoms with Crippen LogP contribution in [-0.2, 0) is 0 Å². The Labute approximate surface area is 102 Å². The monoisotopic (exact) mass is 244 g/mol. The Morgan fingerprint density at radius 3 is 2.47 bits per heavy atom. The van der Waals surface area contributed by atoms with Gasteiger partial charge in [-0.05, 0) is 17.0 Å². The van der Waals surface area contributed by atoms with Crippen molar-refractivity contribution in [1.29, 1.82) is 5.26 Å². The molecule has 0 aliphatic heterocycles. The Hall–Kier alpha value is -2.19. The van der Waals surface area contributed by atoms with E-state index in [1.54, 1.807) is 12.1 Å². The van der Waals surface area contributed by atoms with Crippen molar-refractivity contribution in [1.82, 2.24) is 0 Å². The van der Waals surface area contributed by atoms with E-state index in [-0.39, 0.29) is 11.6 Å². The molecule has 1 atom stereocenters. The van der Waals surface area contributed by atoms with E-state index in [1.165, 1.54) is 23.5 Å². The number of hydrogen-bond acceptors (Lipinski definition) is 4. The molecular weight excluding hydrogens is 236 g/mol. The Morgan fingerprint density at radius 1 is 1.29 bits per heavy atom. The van der Waals surface area contributed by atoms with Gasteiger partial charge in [-0.2, -0.15) is 5.26 Å². The molecule has 4 nitrogen and oxygen atoms in total. The van der Waals surface area contributed by atoms with Gasteiger partial charge in [0.25, 0.3) is 5.69 Å². The smallest absolute Gasteiger partial charge is 0.258 e. The maximum Gasteiger partial charge on any atom is 0.269 e. The molecule has 2 aromatic rings. The summed E-state index contributed by atoms with van der Waals surface area (Å²) >= 11 is 1.50. The molecule has 1 aromatic heterocycles. The number of thiophene rings is 1. The van der Waals surface area contributed by atoms with Crippen LogP contribution in [0.1, 0.15) is 16.4 Å². The first-order valence-corrected chi connectivity index (χ1v) is 5.77. The van der Waals surface area contributed by atoms with Crippen LogP contribution in [0, 0.1) is 21.4 Å². The number of benzene rings is 1. The summed E-state index contributed by atoms with van der Waals surface area (Å²) in [4.78, 5) is 11.0. The first-order valence-electron chi connectivity index (χ1n) is 4.89. The fourth-order valence-electron chi connectivity index (χ4n) is 1.55. The van der Waals surface area contributed by atoms with Crippen molar-refractivity contribution in [3.8, 4) is 6.07 Å². The minimum atomic E-state index is -0.448. The topological polar surface area (TPSA) is 66.9 Å². The van der Waals surface area contributed by atoms with Gasteiger partial charge in [0.15, 0.2) is 0 Å². The minimum Gasteiger partial charge on any atom is -0.258 e. The number of hydrogen-bond donors (Lipinski definition) is 0. The van der Waals surface area contributed by atoms with Gasteiger partial charge >= 0.3 is 0 Å². The Balaban J connectivity index is 2.33. The highest BCUT2D eigenvalue weighted by molar-refractivity contribution is 7.10. The van der Waals surface area contributed by atoms with E-state index in [9.17, 15) is 10.1 Å². The zero-order valence-corrected chi connectivity index (χ0v) is 9.55. The highest BCUT2D eigenvalue weighted by atomic mass is 32.1. The van der Waals surface area contributed by atoms with Gasteiger partial charge in [0.05, 0.1) is 11.0 Å². The molecule has 1 unspecified atom stereocenters. The van der Waals surface area contributed by atoms with Gasteiger partial charge in [-0.25, -0.2) is 0 Å². The molecule has 0 fully saturated rings. The summed E-state index contributed by atoms with van der Waals surface area (Å²) in [7, 11) is 0. The van der Waals surface area contributed by atoms with E-state index >= 15 is 0 Å². The van der Waals surface area contributed by atoms with Crippen molar-refractivity contribution in [2.45, 2.75) is 5.92 Å². The zero-order valence-electron chi connectivity index (χ0n) is 8.74. The molecule has 0 radical (unpaired) electrons. The lowest BCUT2D eigenvalue weighted by Crippen LogP contribution is -1.96. The van der Waals surface area contributed by atoms with Crippen molar-refractivity contribution in [3.63, 3.8) is 0 Å². The summed E-state index contributed by atoms with van der Waals surface area (Å²) < 4.78 is 0. The third-order valence-corrected chi connectivity index (χ3v) is 3.33. The molecule has 0 N–H and O–H groups in total. The number of nitriles is 1. The molecule has 0 aliphatic carbocycles. The molecule has 84 valence electrons. The predicted molar refractivity (Wildman–Crippen MR) is 64.9 cm³/mol. The molecule has 1 heterocycles. The second kappa shape index (κ2) is 4.76. The highest BCUT2D eigenvalue weighted by Gasteiger charge is 2.15. The van der Waals surface area contributed by atoms with Crippen LogP contribution in [0.5, 0.6) is 0 Å². The van der Waals surface area contributed by atoms with E-state index in [0.29, 0.717) is 0 Å². The summed E-state index contributed by atoms with van der Waals surface area (Å²) in [6, 6.07) is 12.1. The summed E-state index contributed by atoms with van der Waals surface area (Å²) in [5.41, 5.74) is 0.817.